The first-order chi connectivity index (χ1) is 10.8. The lowest BCUT2D eigenvalue weighted by atomic mass is 10.0. The number of benzene rings is 2. The summed E-state index contributed by atoms with van der Waals surface area (Å²) in [5.41, 5.74) is 1.21. The van der Waals surface area contributed by atoms with Gasteiger partial charge in [0.25, 0.3) is 5.69 Å². The Morgan fingerprint density at radius 3 is 2.39 bits per heavy atom. The molecule has 0 aliphatic heterocycles. The van der Waals surface area contributed by atoms with Crippen molar-refractivity contribution in [3.05, 3.63) is 74.6 Å². The summed E-state index contributed by atoms with van der Waals surface area (Å²) in [6.45, 7) is 3.17. The van der Waals surface area contributed by atoms with Gasteiger partial charge >= 0.3 is 5.97 Å². The molecular weight excluding hydrogens is 301 g/mol. The molecule has 2 aromatic carbocycles. The molecule has 0 aromatic heterocycles. The van der Waals surface area contributed by atoms with Gasteiger partial charge in [0.05, 0.1) is 10.5 Å². The molecule has 0 saturated carbocycles. The summed E-state index contributed by atoms with van der Waals surface area (Å²) in [6.07, 6.45) is 1.29. The van der Waals surface area contributed by atoms with E-state index >= 15 is 0 Å². The molecule has 0 fully saturated rings. The molecule has 0 aliphatic carbocycles. The fourth-order valence-electron chi connectivity index (χ4n) is 2.11. The quantitative estimate of drug-likeness (QED) is 0.400. The van der Waals surface area contributed by atoms with Crippen molar-refractivity contribution >= 4 is 23.3 Å². The first-order valence-electron chi connectivity index (χ1n) is 6.76. The fraction of sp³-hybridized carbons (Fsp3) is 0.118. The van der Waals surface area contributed by atoms with Crippen LogP contribution in [0, 0.1) is 29.8 Å². The van der Waals surface area contributed by atoms with E-state index in [1.54, 1.807) is 26.0 Å². The van der Waals surface area contributed by atoms with Crippen LogP contribution < -0.4 is 0 Å². The first-order valence-corrected chi connectivity index (χ1v) is 6.76. The second kappa shape index (κ2) is 6.39. The lowest BCUT2D eigenvalue weighted by Gasteiger charge is -2.06. The van der Waals surface area contributed by atoms with Crippen LogP contribution in [0.1, 0.15) is 22.3 Å². The average molecular weight is 315 g/mol. The Labute approximate surface area is 131 Å². The van der Waals surface area contributed by atoms with Crippen LogP contribution in [0.5, 0.6) is 0 Å². The van der Waals surface area contributed by atoms with Gasteiger partial charge in [-0.1, -0.05) is 24.3 Å². The average Bonchev–Trinajstić information content (AvgIpc) is 2.48. The predicted octanol–water partition coefficient (Wildman–Crippen LogP) is 3.98. The van der Waals surface area contributed by atoms with Crippen molar-refractivity contribution in [1.29, 1.82) is 0 Å². The lowest BCUT2D eigenvalue weighted by molar-refractivity contribution is -0.385. The second-order valence-corrected chi connectivity index (χ2v) is 5.13. The van der Waals surface area contributed by atoms with Gasteiger partial charge < -0.3 is 5.11 Å². The number of hydrogen-bond acceptors (Lipinski definition) is 3. The van der Waals surface area contributed by atoms with Crippen LogP contribution in [0.4, 0.5) is 10.1 Å². The largest absolute Gasteiger partial charge is 0.478 e. The Morgan fingerprint density at radius 2 is 1.83 bits per heavy atom. The Balaban J connectivity index is 2.55. The third-order valence-electron chi connectivity index (χ3n) is 3.45. The minimum absolute atomic E-state index is 0.0985. The highest BCUT2D eigenvalue weighted by molar-refractivity contribution is 6.20. The van der Waals surface area contributed by atoms with Gasteiger partial charge in [-0.3, -0.25) is 10.1 Å². The molecule has 1 N–H and O–H groups in total. The van der Waals surface area contributed by atoms with E-state index in [-0.39, 0.29) is 16.8 Å². The number of nitrogens with zero attached hydrogens (tertiary/aromatic N) is 1. The third-order valence-corrected chi connectivity index (χ3v) is 3.45. The van der Waals surface area contributed by atoms with Crippen molar-refractivity contribution < 1.29 is 19.2 Å². The monoisotopic (exact) mass is 315 g/mol. The number of aliphatic carboxylic acids is 1. The summed E-state index contributed by atoms with van der Waals surface area (Å²) in [5.74, 6) is -1.75. The van der Waals surface area contributed by atoms with Gasteiger partial charge in [-0.15, -0.1) is 0 Å². The molecule has 0 spiro atoms. The van der Waals surface area contributed by atoms with Crippen molar-refractivity contribution in [2.24, 2.45) is 0 Å². The smallest absolute Gasteiger partial charge is 0.336 e. The number of carboxylic acid groups (broad SMARTS) is 1. The zero-order valence-electron chi connectivity index (χ0n) is 12.5. The van der Waals surface area contributed by atoms with E-state index in [1.165, 1.54) is 24.3 Å². The maximum atomic E-state index is 13.7. The number of carboxylic acids is 1. The summed E-state index contributed by atoms with van der Waals surface area (Å²) in [4.78, 5) is 21.9. The SMILES string of the molecule is Cc1ccc(/C(=C/c2ccc(C)c([N+](=O)[O-])c2)C(=O)O)cc1F. The minimum atomic E-state index is -1.24. The van der Waals surface area contributed by atoms with Crippen molar-refractivity contribution in [3.8, 4) is 0 Å². The van der Waals surface area contributed by atoms with E-state index < -0.39 is 16.7 Å². The van der Waals surface area contributed by atoms with Crippen LogP contribution in [0.25, 0.3) is 11.6 Å². The van der Waals surface area contributed by atoms with Gasteiger partial charge in [0.15, 0.2) is 0 Å². The fourth-order valence-corrected chi connectivity index (χ4v) is 2.11. The zero-order chi connectivity index (χ0) is 17.1. The van der Waals surface area contributed by atoms with Gasteiger partial charge in [0.2, 0.25) is 0 Å². The molecule has 2 aromatic rings. The number of hydrogen-bond donors (Lipinski definition) is 1. The molecule has 0 saturated heterocycles. The van der Waals surface area contributed by atoms with Crippen molar-refractivity contribution in [2.45, 2.75) is 13.8 Å². The van der Waals surface area contributed by atoms with Gasteiger partial charge in [0.1, 0.15) is 5.82 Å². The maximum absolute atomic E-state index is 13.7. The Bertz CT molecular complexity index is 827. The Morgan fingerprint density at radius 1 is 1.17 bits per heavy atom. The number of rotatable bonds is 4. The highest BCUT2D eigenvalue weighted by atomic mass is 19.1. The zero-order valence-corrected chi connectivity index (χ0v) is 12.5. The van der Waals surface area contributed by atoms with Gasteiger partial charge in [-0.05, 0) is 42.7 Å². The summed E-state index contributed by atoms with van der Waals surface area (Å²) in [5, 5.41) is 20.3. The lowest BCUT2D eigenvalue weighted by Crippen LogP contribution is -2.01. The molecule has 0 heterocycles. The van der Waals surface area contributed by atoms with E-state index in [4.69, 9.17) is 0 Å². The van der Waals surface area contributed by atoms with Gasteiger partial charge in [-0.2, -0.15) is 0 Å². The summed E-state index contributed by atoms with van der Waals surface area (Å²) < 4.78 is 13.7. The first kappa shape index (κ1) is 16.4. The molecule has 0 unspecified atom stereocenters. The number of nitro groups is 1. The van der Waals surface area contributed by atoms with Gasteiger partial charge in [0, 0.05) is 11.6 Å². The van der Waals surface area contributed by atoms with E-state index in [0.717, 1.165) is 6.07 Å². The Hall–Kier alpha value is -3.02. The van der Waals surface area contributed by atoms with Crippen LogP contribution in [0.3, 0.4) is 0 Å². The highest BCUT2D eigenvalue weighted by Gasteiger charge is 2.15. The van der Waals surface area contributed by atoms with Crippen molar-refractivity contribution in [3.63, 3.8) is 0 Å². The van der Waals surface area contributed by atoms with Gasteiger partial charge in [-0.25, -0.2) is 9.18 Å². The maximum Gasteiger partial charge on any atom is 0.336 e. The standard InChI is InChI=1S/C17H14FNO4/c1-10-4-6-13(9-15(10)18)14(17(20)21)7-12-5-3-11(2)16(8-12)19(22)23/h3-9H,1-2H3,(H,20,21)/b14-7-. The van der Waals surface area contributed by atoms with E-state index in [2.05, 4.69) is 0 Å². The molecule has 0 aliphatic rings. The van der Waals surface area contributed by atoms with Crippen LogP contribution in [-0.2, 0) is 4.79 Å². The third kappa shape index (κ3) is 3.60. The molecule has 6 heteroatoms. The topological polar surface area (TPSA) is 80.4 Å². The molecule has 118 valence electrons. The van der Waals surface area contributed by atoms with Crippen molar-refractivity contribution in [2.75, 3.05) is 0 Å². The summed E-state index contributed by atoms with van der Waals surface area (Å²) in [7, 11) is 0. The molecule has 0 amide bonds. The van der Waals surface area contributed by atoms with Crippen LogP contribution in [0.2, 0.25) is 0 Å². The Kier molecular flexibility index (Phi) is 4.55. The minimum Gasteiger partial charge on any atom is -0.478 e. The number of aryl methyl sites for hydroxylation is 2. The van der Waals surface area contributed by atoms with E-state index in [9.17, 15) is 24.4 Å². The summed E-state index contributed by atoms with van der Waals surface area (Å²) in [6, 6.07) is 8.54. The van der Waals surface area contributed by atoms with E-state index in [1.807, 2.05) is 0 Å². The number of nitro benzene ring substituents is 1. The molecule has 0 radical (unpaired) electrons. The molecular formula is C17H14FNO4. The van der Waals surface area contributed by atoms with Crippen molar-refractivity contribution in [1.82, 2.24) is 0 Å². The highest BCUT2D eigenvalue weighted by Crippen LogP contribution is 2.24. The molecule has 2 rings (SSSR count). The molecule has 23 heavy (non-hydrogen) atoms. The van der Waals surface area contributed by atoms with Crippen LogP contribution in [-0.4, -0.2) is 16.0 Å². The van der Waals surface area contributed by atoms with Crippen LogP contribution in [0.15, 0.2) is 36.4 Å². The second-order valence-electron chi connectivity index (χ2n) is 5.13. The summed E-state index contributed by atoms with van der Waals surface area (Å²) >= 11 is 0. The molecule has 0 atom stereocenters. The number of halogens is 1. The van der Waals surface area contributed by atoms with E-state index in [0.29, 0.717) is 16.7 Å². The van der Waals surface area contributed by atoms with Crippen LogP contribution >= 0.6 is 0 Å². The molecule has 0 bridgehead atoms. The molecule has 5 nitrogen and oxygen atoms in total. The predicted molar refractivity (Wildman–Crippen MR) is 84.5 cm³/mol. The number of carbonyl (C=O) groups is 1. The normalized spacial score (nSPS) is 11.3.